The number of aromatic nitrogens is 1. The average molecular weight is 277 g/mol. The minimum atomic E-state index is -1.24. The molecule has 5 nitrogen and oxygen atoms in total. The van der Waals surface area contributed by atoms with Gasteiger partial charge in [0.25, 0.3) is 0 Å². The van der Waals surface area contributed by atoms with Crippen molar-refractivity contribution in [2.24, 2.45) is 0 Å². The van der Waals surface area contributed by atoms with Crippen LogP contribution in [-0.4, -0.2) is 26.9 Å². The highest BCUT2D eigenvalue weighted by atomic mass is 32.1. The van der Waals surface area contributed by atoms with Gasteiger partial charge in [0.2, 0.25) is 0 Å². The predicted octanol–water partition coefficient (Wildman–Crippen LogP) is 2.35. The summed E-state index contributed by atoms with van der Waals surface area (Å²) in [6.07, 6.45) is -0.00983. The highest BCUT2D eigenvalue weighted by Gasteiger charge is 2.17. The van der Waals surface area contributed by atoms with Crippen molar-refractivity contribution in [3.63, 3.8) is 0 Å². The summed E-state index contributed by atoms with van der Waals surface area (Å²) in [5.41, 5.74) is 2.91. The van der Waals surface area contributed by atoms with Gasteiger partial charge in [0.05, 0.1) is 11.2 Å². The fourth-order valence-electron chi connectivity index (χ4n) is 1.76. The van der Waals surface area contributed by atoms with Gasteiger partial charge in [0.1, 0.15) is 17.1 Å². The molecule has 0 amide bonds. The normalized spacial score (nSPS) is 10.4. The summed E-state index contributed by atoms with van der Waals surface area (Å²) in [6.45, 7) is 1.38. The number of Topliss-reactive ketones (excluding diaryl/α,β-unsaturated/α-hetero) is 1. The second kappa shape index (κ2) is 5.19. The first kappa shape index (κ1) is 13.2. The first-order valence-electron chi connectivity index (χ1n) is 5.46. The summed E-state index contributed by atoms with van der Waals surface area (Å²) in [5, 5.41) is 20.7. The van der Waals surface area contributed by atoms with Gasteiger partial charge < -0.3 is 10.2 Å². The number of hydrogen-bond donors (Lipinski definition) is 2. The lowest BCUT2D eigenvalue weighted by molar-refractivity contribution is -0.116. The van der Waals surface area contributed by atoms with Crippen molar-refractivity contribution in [3.05, 3.63) is 34.2 Å². The van der Waals surface area contributed by atoms with Crippen LogP contribution in [0.5, 0.6) is 5.75 Å². The Morgan fingerprint density at radius 3 is 2.63 bits per heavy atom. The van der Waals surface area contributed by atoms with E-state index >= 15 is 0 Å². The molecule has 0 atom stereocenters. The van der Waals surface area contributed by atoms with Crippen LogP contribution in [0.1, 0.15) is 22.8 Å². The van der Waals surface area contributed by atoms with Crippen LogP contribution < -0.4 is 0 Å². The Bertz CT molecular complexity index is 634. The van der Waals surface area contributed by atoms with Gasteiger partial charge in [-0.1, -0.05) is 0 Å². The number of aromatic carboxylic acids is 1. The number of carboxylic acid groups (broad SMARTS) is 1. The molecule has 0 spiro atoms. The number of phenols is 1. The molecule has 2 aromatic rings. The number of aromatic hydroxyl groups is 1. The zero-order valence-electron chi connectivity index (χ0n) is 10.1. The van der Waals surface area contributed by atoms with Gasteiger partial charge in [-0.15, -0.1) is 11.3 Å². The molecule has 0 bridgehead atoms. The van der Waals surface area contributed by atoms with Gasteiger partial charge in [-0.25, -0.2) is 9.78 Å². The molecule has 0 saturated heterocycles. The predicted molar refractivity (Wildman–Crippen MR) is 70.6 cm³/mol. The third-order valence-corrected chi connectivity index (χ3v) is 3.17. The van der Waals surface area contributed by atoms with E-state index in [1.807, 2.05) is 0 Å². The van der Waals surface area contributed by atoms with Gasteiger partial charge in [-0.2, -0.15) is 0 Å². The average Bonchev–Trinajstić information content (AvgIpc) is 2.84. The number of rotatable bonds is 4. The highest BCUT2D eigenvalue weighted by Crippen LogP contribution is 2.30. The van der Waals surface area contributed by atoms with Gasteiger partial charge in [-0.3, -0.25) is 4.79 Å². The number of benzene rings is 1. The van der Waals surface area contributed by atoms with Gasteiger partial charge in [0, 0.05) is 22.9 Å². The van der Waals surface area contributed by atoms with Crippen molar-refractivity contribution in [1.82, 2.24) is 4.98 Å². The third-order valence-electron chi connectivity index (χ3n) is 2.59. The summed E-state index contributed by atoms with van der Waals surface area (Å²) >= 11 is 1.38. The molecule has 2 N–H and O–H groups in total. The van der Waals surface area contributed by atoms with E-state index < -0.39 is 5.97 Å². The van der Waals surface area contributed by atoms with E-state index in [1.165, 1.54) is 24.3 Å². The number of thiazole rings is 1. The van der Waals surface area contributed by atoms with Crippen LogP contribution in [0.3, 0.4) is 0 Å². The largest absolute Gasteiger partial charge is 0.507 e. The van der Waals surface area contributed by atoms with Gasteiger partial charge in [-0.05, 0) is 19.1 Å². The van der Waals surface area contributed by atoms with Crippen molar-refractivity contribution in [2.45, 2.75) is 13.3 Å². The number of carbonyl (C=O) groups is 2. The van der Waals surface area contributed by atoms with Gasteiger partial charge >= 0.3 is 5.97 Å². The van der Waals surface area contributed by atoms with E-state index in [1.54, 1.807) is 17.0 Å². The maximum Gasteiger partial charge on any atom is 0.339 e. The van der Waals surface area contributed by atoms with E-state index in [9.17, 15) is 14.7 Å². The Kier molecular flexibility index (Phi) is 3.62. The highest BCUT2D eigenvalue weighted by molar-refractivity contribution is 7.07. The molecule has 1 aromatic carbocycles. The van der Waals surface area contributed by atoms with Crippen molar-refractivity contribution < 1.29 is 19.8 Å². The molecule has 0 aliphatic heterocycles. The lowest BCUT2D eigenvalue weighted by atomic mass is 9.99. The fourth-order valence-corrected chi connectivity index (χ4v) is 2.32. The molecule has 0 aliphatic carbocycles. The first-order chi connectivity index (χ1) is 8.99. The first-order valence-corrected chi connectivity index (χ1v) is 6.40. The van der Waals surface area contributed by atoms with Gasteiger partial charge in [0.15, 0.2) is 0 Å². The molecular weight excluding hydrogens is 266 g/mol. The standard InChI is InChI=1S/C13H11NO4S/c1-7(15)2-9-3-8(11-5-19-6-14-11)4-10(12(9)16)13(17)18/h3-6,16H,2H2,1H3,(H,17,18). The summed E-state index contributed by atoms with van der Waals surface area (Å²) in [6, 6.07) is 2.95. The number of hydrogen-bond acceptors (Lipinski definition) is 5. The van der Waals surface area contributed by atoms with Crippen LogP contribution in [0.2, 0.25) is 0 Å². The summed E-state index contributed by atoms with van der Waals surface area (Å²) in [7, 11) is 0. The molecule has 2 rings (SSSR count). The quantitative estimate of drug-likeness (QED) is 0.895. The Labute approximate surface area is 113 Å². The lowest BCUT2D eigenvalue weighted by Crippen LogP contribution is -2.03. The fraction of sp³-hybridized carbons (Fsp3) is 0.154. The molecular formula is C13H11NO4S. The molecule has 0 fully saturated rings. The van der Waals surface area contributed by atoms with Crippen molar-refractivity contribution in [2.75, 3.05) is 0 Å². The Morgan fingerprint density at radius 2 is 2.11 bits per heavy atom. The molecule has 0 unspecified atom stereocenters. The van der Waals surface area contributed by atoms with Crippen LogP contribution in [0, 0.1) is 0 Å². The molecule has 0 saturated carbocycles. The monoisotopic (exact) mass is 277 g/mol. The zero-order valence-corrected chi connectivity index (χ0v) is 10.9. The third kappa shape index (κ3) is 2.79. The van der Waals surface area contributed by atoms with E-state index in [2.05, 4.69) is 4.98 Å². The minimum Gasteiger partial charge on any atom is -0.507 e. The molecule has 6 heteroatoms. The number of ketones is 1. The summed E-state index contributed by atoms with van der Waals surface area (Å²) in [5.74, 6) is -1.75. The van der Waals surface area contributed by atoms with Crippen molar-refractivity contribution in [1.29, 1.82) is 0 Å². The van der Waals surface area contributed by atoms with E-state index in [0.29, 0.717) is 16.8 Å². The van der Waals surface area contributed by atoms with Crippen LogP contribution in [0.15, 0.2) is 23.0 Å². The molecule has 1 aromatic heterocycles. The SMILES string of the molecule is CC(=O)Cc1cc(-c2cscn2)cc(C(=O)O)c1O. The maximum atomic E-state index is 11.2. The second-order valence-corrected chi connectivity index (χ2v) is 4.81. The van der Waals surface area contributed by atoms with Crippen LogP contribution in [0.25, 0.3) is 11.3 Å². The Balaban J connectivity index is 2.60. The molecule has 0 aliphatic rings. The molecule has 98 valence electrons. The number of nitrogens with zero attached hydrogens (tertiary/aromatic N) is 1. The lowest BCUT2D eigenvalue weighted by Gasteiger charge is -2.09. The van der Waals surface area contributed by atoms with Crippen molar-refractivity contribution >= 4 is 23.1 Å². The molecule has 0 radical (unpaired) electrons. The smallest absolute Gasteiger partial charge is 0.339 e. The van der Waals surface area contributed by atoms with Crippen molar-refractivity contribution in [3.8, 4) is 17.0 Å². The van der Waals surface area contributed by atoms with E-state index in [4.69, 9.17) is 5.11 Å². The molecule has 19 heavy (non-hydrogen) atoms. The Hall–Kier alpha value is -2.21. The number of carboxylic acids is 1. The second-order valence-electron chi connectivity index (χ2n) is 4.09. The summed E-state index contributed by atoms with van der Waals surface area (Å²) in [4.78, 5) is 26.4. The zero-order chi connectivity index (χ0) is 14.0. The van der Waals surface area contributed by atoms with E-state index in [-0.39, 0.29) is 23.5 Å². The molecule has 1 heterocycles. The maximum absolute atomic E-state index is 11.2. The topological polar surface area (TPSA) is 87.5 Å². The minimum absolute atomic E-state index is 0.00983. The van der Waals surface area contributed by atoms with E-state index in [0.717, 1.165) is 0 Å². The van der Waals surface area contributed by atoms with Crippen LogP contribution in [0.4, 0.5) is 0 Å². The Morgan fingerprint density at radius 1 is 1.37 bits per heavy atom. The van der Waals surface area contributed by atoms with Crippen LogP contribution >= 0.6 is 11.3 Å². The number of carbonyl (C=O) groups excluding carboxylic acids is 1. The summed E-state index contributed by atoms with van der Waals surface area (Å²) < 4.78 is 0. The van der Waals surface area contributed by atoms with Crippen LogP contribution in [-0.2, 0) is 11.2 Å².